The fourth-order valence-corrected chi connectivity index (χ4v) is 6.79. The third-order valence-corrected chi connectivity index (χ3v) is 8.88. The quantitative estimate of drug-likeness (QED) is 0.0947. The lowest BCUT2D eigenvalue weighted by Gasteiger charge is -2.24. The van der Waals surface area contributed by atoms with Crippen molar-refractivity contribution in [2.24, 2.45) is 0 Å². The van der Waals surface area contributed by atoms with Gasteiger partial charge in [-0.15, -0.1) is 0 Å². The van der Waals surface area contributed by atoms with Crippen molar-refractivity contribution in [3.63, 3.8) is 0 Å². The minimum absolute atomic E-state index is 0.00832. The first kappa shape index (κ1) is 28.7. The Morgan fingerprint density at radius 1 is 1.09 bits per heavy atom. The number of nitrogens with zero attached hydrogens (tertiary/aromatic N) is 2. The number of hydrogen-bond donors (Lipinski definition) is 1. The van der Waals surface area contributed by atoms with Crippen molar-refractivity contribution >= 4 is 44.1 Å². The molecule has 0 aliphatic carbocycles. The smallest absolute Gasteiger partial charge is 0.301 e. The van der Waals surface area contributed by atoms with Crippen LogP contribution in [-0.2, 0) is 16.0 Å². The second-order valence-corrected chi connectivity index (χ2v) is 12.1. The van der Waals surface area contributed by atoms with E-state index in [2.05, 4.69) is 6.92 Å². The lowest BCUT2D eigenvalue weighted by Crippen LogP contribution is -2.29. The zero-order valence-corrected chi connectivity index (χ0v) is 25.5. The minimum Gasteiger partial charge on any atom is -0.507 e. The topological polar surface area (TPSA) is 98.2 Å². The van der Waals surface area contributed by atoms with Crippen molar-refractivity contribution in [1.29, 1.82) is 0 Å². The zero-order chi connectivity index (χ0) is 30.2. The van der Waals surface area contributed by atoms with Gasteiger partial charge in [-0.3, -0.25) is 14.5 Å². The fourth-order valence-electron chi connectivity index (χ4n) is 5.70. The number of unbranched alkanes of at least 4 members (excludes halogenated alkanes) is 2. The molecule has 9 heteroatoms. The number of aliphatic hydroxyl groups excluding tert-OH is 1. The van der Waals surface area contributed by atoms with Crippen LogP contribution in [0.1, 0.15) is 61.4 Å². The zero-order valence-electron chi connectivity index (χ0n) is 24.7. The largest absolute Gasteiger partial charge is 0.507 e. The maximum atomic E-state index is 13.8. The van der Waals surface area contributed by atoms with Crippen molar-refractivity contribution in [3.05, 3.63) is 82.4 Å². The molecule has 222 valence electrons. The number of thiazole rings is 1. The van der Waals surface area contributed by atoms with E-state index in [0.717, 1.165) is 46.4 Å². The van der Waals surface area contributed by atoms with Crippen LogP contribution < -0.4 is 19.1 Å². The highest BCUT2D eigenvalue weighted by Crippen LogP contribution is 2.46. The van der Waals surface area contributed by atoms with Crippen LogP contribution in [0.5, 0.6) is 17.2 Å². The molecule has 0 spiro atoms. The van der Waals surface area contributed by atoms with Crippen molar-refractivity contribution < 1.29 is 28.9 Å². The standard InChI is InChI=1S/C34H34N2O6S/c1-5-6-7-14-41-26-13-9-21(18-27(26)40-4)30-29(31(37)22-10-12-25-23(17-22)16-20(3)42-25)32(38)33(39)36(30)34-35-24-11-8-19(2)15-28(24)43-34/h8-13,15,17-18,20,30,37H,5-7,14,16H2,1-4H3/t20-,30+/m1/s1. The normalized spacial score (nSPS) is 19.1. The number of aliphatic hydroxyl groups is 1. The van der Waals surface area contributed by atoms with Gasteiger partial charge in [0.1, 0.15) is 17.6 Å². The summed E-state index contributed by atoms with van der Waals surface area (Å²) in [6.45, 7) is 6.66. The Morgan fingerprint density at radius 3 is 2.72 bits per heavy atom. The molecule has 43 heavy (non-hydrogen) atoms. The van der Waals surface area contributed by atoms with Gasteiger partial charge in [0.25, 0.3) is 5.78 Å². The van der Waals surface area contributed by atoms with E-state index < -0.39 is 17.7 Å². The molecule has 2 aliphatic rings. The highest BCUT2D eigenvalue weighted by Gasteiger charge is 2.48. The summed E-state index contributed by atoms with van der Waals surface area (Å²) in [5, 5.41) is 12.1. The Kier molecular flexibility index (Phi) is 7.83. The SMILES string of the molecule is CCCCCOc1ccc([C@H]2C(=C(O)c3ccc4c(c3)C[C@@H](C)O4)C(=O)C(=O)N2c2nc3ccc(C)cc3s2)cc1OC. The van der Waals surface area contributed by atoms with Crippen LogP contribution in [0, 0.1) is 6.92 Å². The molecule has 1 fully saturated rings. The van der Waals surface area contributed by atoms with Gasteiger partial charge in [0.15, 0.2) is 16.6 Å². The summed E-state index contributed by atoms with van der Waals surface area (Å²) in [5.41, 5.74) is 3.76. The van der Waals surface area contributed by atoms with Gasteiger partial charge in [-0.25, -0.2) is 4.98 Å². The average molecular weight is 599 g/mol. The minimum atomic E-state index is -0.937. The molecule has 1 aromatic heterocycles. The number of rotatable bonds is 9. The summed E-state index contributed by atoms with van der Waals surface area (Å²) in [7, 11) is 1.55. The second-order valence-electron chi connectivity index (χ2n) is 11.1. The van der Waals surface area contributed by atoms with E-state index >= 15 is 0 Å². The molecule has 1 N–H and O–H groups in total. The van der Waals surface area contributed by atoms with Crippen LogP contribution >= 0.6 is 11.3 Å². The van der Waals surface area contributed by atoms with Gasteiger partial charge >= 0.3 is 5.91 Å². The lowest BCUT2D eigenvalue weighted by atomic mass is 9.94. The number of hydrogen-bond acceptors (Lipinski definition) is 8. The van der Waals surface area contributed by atoms with E-state index in [-0.39, 0.29) is 17.4 Å². The summed E-state index contributed by atoms with van der Waals surface area (Å²) in [6.07, 6.45) is 3.78. The van der Waals surface area contributed by atoms with E-state index in [4.69, 9.17) is 19.2 Å². The molecule has 4 aromatic rings. The van der Waals surface area contributed by atoms with Crippen LogP contribution in [0.2, 0.25) is 0 Å². The molecular formula is C34H34N2O6S. The molecule has 0 radical (unpaired) electrons. The maximum absolute atomic E-state index is 13.8. The fraction of sp³-hybridized carbons (Fsp3) is 0.324. The van der Waals surface area contributed by atoms with Gasteiger partial charge in [-0.2, -0.15) is 0 Å². The molecular weight excluding hydrogens is 564 g/mol. The van der Waals surface area contributed by atoms with Gasteiger partial charge < -0.3 is 19.3 Å². The highest BCUT2D eigenvalue weighted by molar-refractivity contribution is 7.22. The predicted molar refractivity (Wildman–Crippen MR) is 167 cm³/mol. The molecule has 3 heterocycles. The first-order valence-electron chi connectivity index (χ1n) is 14.6. The summed E-state index contributed by atoms with van der Waals surface area (Å²) in [4.78, 5) is 33.6. The van der Waals surface area contributed by atoms with Crippen LogP contribution in [0.15, 0.2) is 60.2 Å². The Balaban J connectivity index is 1.48. The van der Waals surface area contributed by atoms with Gasteiger partial charge in [0, 0.05) is 12.0 Å². The first-order valence-corrected chi connectivity index (χ1v) is 15.4. The molecule has 2 aliphatic heterocycles. The monoisotopic (exact) mass is 598 g/mol. The molecule has 0 unspecified atom stereocenters. The van der Waals surface area contributed by atoms with Gasteiger partial charge in [-0.05, 0) is 79.4 Å². The van der Waals surface area contributed by atoms with E-state index in [9.17, 15) is 14.7 Å². The molecule has 1 saturated heterocycles. The Bertz CT molecular complexity index is 1760. The summed E-state index contributed by atoms with van der Waals surface area (Å²) in [5.74, 6) is 0.0287. The van der Waals surface area contributed by atoms with Gasteiger partial charge in [0.2, 0.25) is 0 Å². The number of carbonyl (C=O) groups excluding carboxylic acids is 2. The Labute approximate surface area is 254 Å². The number of anilines is 1. The van der Waals surface area contributed by atoms with Crippen LogP contribution in [0.3, 0.4) is 0 Å². The summed E-state index contributed by atoms with van der Waals surface area (Å²) in [6, 6.07) is 15.6. The molecule has 2 atom stereocenters. The number of Topliss-reactive ketones (excluding diaryl/α,β-unsaturated/α-hetero) is 1. The summed E-state index contributed by atoms with van der Waals surface area (Å²) < 4.78 is 18.4. The number of methoxy groups -OCH3 is 1. The molecule has 8 nitrogen and oxygen atoms in total. The third kappa shape index (κ3) is 5.33. The van der Waals surface area contributed by atoms with Crippen LogP contribution in [0.4, 0.5) is 5.13 Å². The lowest BCUT2D eigenvalue weighted by molar-refractivity contribution is -0.132. The van der Waals surface area contributed by atoms with Crippen molar-refractivity contribution in [1.82, 2.24) is 4.98 Å². The van der Waals surface area contributed by atoms with Crippen molar-refractivity contribution in [2.45, 2.75) is 58.6 Å². The molecule has 3 aromatic carbocycles. The van der Waals surface area contributed by atoms with E-state index in [0.29, 0.717) is 40.8 Å². The molecule has 6 rings (SSSR count). The molecule has 0 bridgehead atoms. The number of aromatic nitrogens is 1. The second kappa shape index (κ2) is 11.7. The van der Waals surface area contributed by atoms with Gasteiger partial charge in [0.05, 0.1) is 35.5 Å². The predicted octanol–water partition coefficient (Wildman–Crippen LogP) is 7.13. The van der Waals surface area contributed by atoms with E-state index in [1.54, 1.807) is 31.4 Å². The first-order chi connectivity index (χ1) is 20.8. The number of benzene rings is 3. The number of amides is 1. The van der Waals surface area contributed by atoms with Crippen molar-refractivity contribution in [2.75, 3.05) is 18.6 Å². The molecule has 0 saturated carbocycles. The van der Waals surface area contributed by atoms with Gasteiger partial charge in [-0.1, -0.05) is 43.2 Å². The number of carbonyl (C=O) groups is 2. The number of ketones is 1. The number of aryl methyl sites for hydroxylation is 1. The molecule has 1 amide bonds. The van der Waals surface area contributed by atoms with Crippen LogP contribution in [0.25, 0.3) is 16.0 Å². The third-order valence-electron chi connectivity index (χ3n) is 7.86. The number of fused-ring (bicyclic) bond motifs is 2. The highest BCUT2D eigenvalue weighted by atomic mass is 32.1. The van der Waals surface area contributed by atoms with Crippen LogP contribution in [-0.4, -0.2) is 41.6 Å². The summed E-state index contributed by atoms with van der Waals surface area (Å²) >= 11 is 1.33. The average Bonchev–Trinajstić information content (AvgIpc) is 3.66. The Hall–Kier alpha value is -4.37. The maximum Gasteiger partial charge on any atom is 0.301 e. The number of ether oxygens (including phenoxy) is 3. The Morgan fingerprint density at radius 2 is 1.93 bits per heavy atom. The van der Waals surface area contributed by atoms with Crippen molar-refractivity contribution in [3.8, 4) is 17.2 Å². The van der Waals surface area contributed by atoms with E-state index in [1.807, 2.05) is 44.2 Å². The van der Waals surface area contributed by atoms with E-state index in [1.165, 1.54) is 16.2 Å².